The quantitative estimate of drug-likeness (QED) is 0.152. The first-order valence-corrected chi connectivity index (χ1v) is 24.5. The average molecular weight is 923 g/mol. The molecule has 0 bridgehead atoms. The second-order valence-corrected chi connectivity index (χ2v) is 18.7. The topological polar surface area (TPSA) is 71.3 Å². The lowest BCUT2D eigenvalue weighted by molar-refractivity contribution is 0.580. The minimum atomic E-state index is 0.405. The fraction of sp³-hybridized carbons (Fsp3) is 0.0312. The lowest BCUT2D eigenvalue weighted by Gasteiger charge is -2.12. The summed E-state index contributed by atoms with van der Waals surface area (Å²) in [6, 6.07) is 81.9. The molecule has 338 valence electrons. The van der Waals surface area contributed by atoms with Gasteiger partial charge in [0, 0.05) is 38.2 Å². The van der Waals surface area contributed by atoms with Gasteiger partial charge in [-0.15, -0.1) is 10.2 Å². The zero-order valence-corrected chi connectivity index (χ0v) is 38.9. The number of rotatable bonds is 8. The van der Waals surface area contributed by atoms with E-state index in [9.17, 15) is 0 Å². The van der Waals surface area contributed by atoms with E-state index in [4.69, 9.17) is 20.2 Å². The van der Waals surface area contributed by atoms with Gasteiger partial charge < -0.3 is 4.57 Å². The Kier molecular flexibility index (Phi) is 8.91. The van der Waals surface area contributed by atoms with Crippen molar-refractivity contribution < 1.29 is 0 Å². The van der Waals surface area contributed by atoms with Gasteiger partial charge >= 0.3 is 0 Å². The molecular weight excluding hydrogens is 881 g/mol. The molecule has 11 aromatic carbocycles. The Morgan fingerprint density at radius 3 is 1.50 bits per heavy atom. The van der Waals surface area contributed by atoms with Crippen LogP contribution >= 0.6 is 0 Å². The van der Waals surface area contributed by atoms with Crippen LogP contribution in [0.5, 0.6) is 0 Å². The van der Waals surface area contributed by atoms with Crippen molar-refractivity contribution in [2.45, 2.75) is 13.2 Å². The van der Waals surface area contributed by atoms with Crippen LogP contribution in [-0.4, -0.2) is 38.7 Å². The molecule has 4 aromatic heterocycles. The number of para-hydroxylation sites is 2. The van der Waals surface area contributed by atoms with E-state index in [-0.39, 0.29) is 0 Å². The first-order chi connectivity index (χ1) is 35.7. The van der Waals surface area contributed by atoms with Crippen LogP contribution in [0.4, 0.5) is 0 Å². The fourth-order valence-corrected chi connectivity index (χ4v) is 11.4. The molecule has 0 saturated carbocycles. The van der Waals surface area contributed by atoms with Gasteiger partial charge in [0.25, 0.3) is 5.95 Å². The molecule has 0 spiro atoms. The van der Waals surface area contributed by atoms with Gasteiger partial charge in [0.05, 0.1) is 28.6 Å². The predicted molar refractivity (Wildman–Crippen MR) is 295 cm³/mol. The van der Waals surface area contributed by atoms with Crippen molar-refractivity contribution in [3.63, 3.8) is 0 Å². The van der Waals surface area contributed by atoms with Crippen molar-refractivity contribution in [1.29, 1.82) is 0 Å². The molecule has 0 aliphatic rings. The molecule has 72 heavy (non-hydrogen) atoms. The van der Waals surface area contributed by atoms with Crippen molar-refractivity contribution in [1.82, 2.24) is 38.7 Å². The van der Waals surface area contributed by atoms with E-state index in [2.05, 4.69) is 249 Å². The van der Waals surface area contributed by atoms with E-state index in [0.29, 0.717) is 25.0 Å². The molecule has 8 heteroatoms. The Morgan fingerprint density at radius 2 is 0.833 bits per heavy atom. The number of nitrogens with zero attached hydrogens (tertiary/aromatic N) is 8. The van der Waals surface area contributed by atoms with Crippen molar-refractivity contribution in [3.05, 3.63) is 236 Å². The highest BCUT2D eigenvalue weighted by molar-refractivity contribution is 6.25. The predicted octanol–water partition coefficient (Wildman–Crippen LogP) is 15.2. The standard InChI is InChI=1S/C64H42N8/c1-5-26-46-41(17-1)21-13-25-45(46)39-70-63(54-34-16-24-44-20-4-8-29-49(44)54)66-64(68-70)72-57-36-12-10-31-55(57)59-58(72)38-37-51-50-30-9-11-35-56(50)69(60(51)59)40-71-62(53-33-15-23-43-19-3-7-28-48(43)53)65-61(67-71)52-32-14-22-42-18-2-6-27-47(42)52/h1-38H,39-40H2. The highest BCUT2D eigenvalue weighted by Crippen LogP contribution is 2.42. The number of benzene rings is 11. The summed E-state index contributed by atoms with van der Waals surface area (Å²) in [6.07, 6.45) is 0. The van der Waals surface area contributed by atoms with Crippen LogP contribution < -0.4 is 0 Å². The molecule has 0 aliphatic carbocycles. The van der Waals surface area contributed by atoms with Gasteiger partial charge in [0.15, 0.2) is 17.5 Å². The van der Waals surface area contributed by atoms with Crippen LogP contribution in [0.15, 0.2) is 231 Å². The Hall–Kier alpha value is -9.66. The van der Waals surface area contributed by atoms with Crippen LogP contribution in [0.25, 0.3) is 127 Å². The fourth-order valence-electron chi connectivity index (χ4n) is 11.4. The number of fused-ring (bicyclic) bond motifs is 11. The van der Waals surface area contributed by atoms with Crippen LogP contribution in [0, 0.1) is 0 Å². The summed E-state index contributed by atoms with van der Waals surface area (Å²) in [6.45, 7) is 0.947. The van der Waals surface area contributed by atoms with E-state index >= 15 is 0 Å². The van der Waals surface area contributed by atoms with Crippen LogP contribution in [0.3, 0.4) is 0 Å². The van der Waals surface area contributed by atoms with Gasteiger partial charge in [-0.1, -0.05) is 212 Å². The van der Waals surface area contributed by atoms with Crippen LogP contribution in [-0.2, 0) is 13.2 Å². The third-order valence-electron chi connectivity index (χ3n) is 14.7. The molecule has 0 amide bonds. The molecule has 0 fully saturated rings. The van der Waals surface area contributed by atoms with Crippen molar-refractivity contribution in [2.75, 3.05) is 0 Å². The second kappa shape index (κ2) is 15.9. The van der Waals surface area contributed by atoms with Crippen LogP contribution in [0.1, 0.15) is 5.56 Å². The van der Waals surface area contributed by atoms with Crippen molar-refractivity contribution >= 4 is 86.7 Å². The van der Waals surface area contributed by atoms with Gasteiger partial charge in [0.1, 0.15) is 6.67 Å². The lowest BCUT2D eigenvalue weighted by Crippen LogP contribution is -2.11. The monoisotopic (exact) mass is 922 g/mol. The van der Waals surface area contributed by atoms with Gasteiger partial charge in [-0.25, -0.2) is 14.3 Å². The molecule has 0 radical (unpaired) electrons. The third-order valence-corrected chi connectivity index (χ3v) is 14.7. The Balaban J connectivity index is 0.978. The van der Waals surface area contributed by atoms with Gasteiger partial charge in [-0.2, -0.15) is 4.98 Å². The molecule has 0 unspecified atom stereocenters. The maximum absolute atomic E-state index is 5.57. The molecule has 0 N–H and O–H groups in total. The summed E-state index contributed by atoms with van der Waals surface area (Å²) in [4.78, 5) is 11.0. The largest absolute Gasteiger partial charge is 0.319 e. The lowest BCUT2D eigenvalue weighted by atomic mass is 10.0. The maximum Gasteiger partial charge on any atom is 0.254 e. The van der Waals surface area contributed by atoms with E-state index < -0.39 is 0 Å². The summed E-state index contributed by atoms with van der Waals surface area (Å²) in [5.41, 5.74) is 8.51. The Morgan fingerprint density at radius 1 is 0.333 bits per heavy atom. The molecule has 0 atom stereocenters. The third kappa shape index (κ3) is 6.19. The minimum absolute atomic E-state index is 0.405. The number of hydrogen-bond donors (Lipinski definition) is 0. The average Bonchev–Trinajstić information content (AvgIpc) is 4.22. The zero-order chi connectivity index (χ0) is 47.3. The van der Waals surface area contributed by atoms with Gasteiger partial charge in [0.2, 0.25) is 0 Å². The van der Waals surface area contributed by atoms with Gasteiger partial charge in [-0.3, -0.25) is 4.57 Å². The highest BCUT2D eigenvalue weighted by Gasteiger charge is 2.25. The Labute approximate surface area is 412 Å². The molecule has 0 saturated heterocycles. The SMILES string of the molecule is c1ccc2c(Cn3nc(-n4c5ccccc5c5c6c(ccc54)c4ccccc4n6Cn4nc(-c5cccc6ccccc56)nc4-c4cccc5ccccc45)nc3-c3cccc4ccccc34)cccc2c1. The van der Waals surface area contributed by atoms with Crippen molar-refractivity contribution in [2.24, 2.45) is 0 Å². The summed E-state index contributed by atoms with van der Waals surface area (Å²) in [5.74, 6) is 2.91. The van der Waals surface area contributed by atoms with E-state index in [1.54, 1.807) is 0 Å². The molecule has 15 rings (SSSR count). The highest BCUT2D eigenvalue weighted by atomic mass is 15.4. The molecule has 8 nitrogen and oxygen atoms in total. The molecule has 15 aromatic rings. The summed E-state index contributed by atoms with van der Waals surface area (Å²) in [7, 11) is 0. The van der Waals surface area contributed by atoms with E-state index in [1.807, 2.05) is 0 Å². The van der Waals surface area contributed by atoms with Crippen molar-refractivity contribution in [3.8, 4) is 40.1 Å². The first-order valence-electron chi connectivity index (χ1n) is 24.5. The summed E-state index contributed by atoms with van der Waals surface area (Å²) in [5, 5.41) is 24.8. The van der Waals surface area contributed by atoms with E-state index in [1.165, 1.54) is 21.7 Å². The normalized spacial score (nSPS) is 12.0. The molecule has 0 aliphatic heterocycles. The maximum atomic E-state index is 5.57. The molecular formula is C64H42N8. The van der Waals surface area contributed by atoms with Gasteiger partial charge in [-0.05, 0) is 66.9 Å². The van der Waals surface area contributed by atoms with E-state index in [0.717, 1.165) is 98.9 Å². The minimum Gasteiger partial charge on any atom is -0.319 e. The molecule has 4 heterocycles. The number of aromatic nitrogens is 8. The zero-order valence-electron chi connectivity index (χ0n) is 38.9. The van der Waals surface area contributed by atoms with Crippen LogP contribution in [0.2, 0.25) is 0 Å². The smallest absolute Gasteiger partial charge is 0.254 e. The first kappa shape index (κ1) is 40.2. The summed E-state index contributed by atoms with van der Waals surface area (Å²) < 4.78 is 8.90. The Bertz CT molecular complexity index is 4640. The summed E-state index contributed by atoms with van der Waals surface area (Å²) >= 11 is 0. The number of hydrogen-bond acceptors (Lipinski definition) is 4. The second-order valence-electron chi connectivity index (χ2n) is 18.7.